The molecule has 0 bridgehead atoms. The number of furan rings is 1. The molecule has 1 aliphatic rings. The zero-order valence-electron chi connectivity index (χ0n) is 14.4. The highest BCUT2D eigenvalue weighted by molar-refractivity contribution is 7.09. The standard InChI is InChI=1S/C21H20FNO2S/c22-18-5-3-17(4-6-18)21(9-10-21)20(24)23(14-16-8-12-25-15-16)11-7-19-2-1-13-26-19/h1-6,8,12-13,15H,7,9-11,14H2. The van der Waals surface area contributed by atoms with E-state index in [-0.39, 0.29) is 11.7 Å². The third-order valence-electron chi connectivity index (χ3n) is 5.01. The van der Waals surface area contributed by atoms with E-state index in [9.17, 15) is 9.18 Å². The molecule has 0 atom stereocenters. The summed E-state index contributed by atoms with van der Waals surface area (Å²) in [6.45, 7) is 1.19. The number of halogens is 1. The van der Waals surface area contributed by atoms with Crippen LogP contribution in [0.1, 0.15) is 28.8 Å². The van der Waals surface area contributed by atoms with Crippen LogP contribution in [-0.4, -0.2) is 17.4 Å². The molecular weight excluding hydrogens is 349 g/mol. The number of hydrogen-bond acceptors (Lipinski definition) is 3. The number of rotatable bonds is 7. The van der Waals surface area contributed by atoms with Crippen molar-refractivity contribution in [1.82, 2.24) is 4.90 Å². The third-order valence-corrected chi connectivity index (χ3v) is 5.94. The molecule has 0 aliphatic heterocycles. The Morgan fingerprint density at radius 1 is 1.19 bits per heavy atom. The van der Waals surface area contributed by atoms with E-state index in [1.807, 2.05) is 17.0 Å². The number of benzene rings is 1. The summed E-state index contributed by atoms with van der Waals surface area (Å²) in [4.78, 5) is 16.6. The van der Waals surface area contributed by atoms with Crippen LogP contribution in [0.4, 0.5) is 4.39 Å². The van der Waals surface area contributed by atoms with Crippen molar-refractivity contribution in [1.29, 1.82) is 0 Å². The topological polar surface area (TPSA) is 33.5 Å². The monoisotopic (exact) mass is 369 g/mol. The molecule has 0 radical (unpaired) electrons. The Balaban J connectivity index is 1.55. The summed E-state index contributed by atoms with van der Waals surface area (Å²) in [7, 11) is 0. The Hall–Kier alpha value is -2.40. The van der Waals surface area contributed by atoms with Gasteiger partial charge in [0.2, 0.25) is 5.91 Å². The molecule has 0 spiro atoms. The van der Waals surface area contributed by atoms with Gasteiger partial charge in [0.05, 0.1) is 17.9 Å². The van der Waals surface area contributed by atoms with Crippen LogP contribution in [0, 0.1) is 5.82 Å². The molecule has 1 amide bonds. The first-order chi connectivity index (χ1) is 12.7. The van der Waals surface area contributed by atoms with E-state index in [4.69, 9.17) is 4.42 Å². The summed E-state index contributed by atoms with van der Waals surface area (Å²) in [5, 5.41) is 2.05. The molecule has 2 heterocycles. The molecule has 3 nitrogen and oxygen atoms in total. The van der Waals surface area contributed by atoms with Gasteiger partial charge >= 0.3 is 0 Å². The Labute approximate surface area is 156 Å². The maximum atomic E-state index is 13.4. The van der Waals surface area contributed by atoms with E-state index >= 15 is 0 Å². The van der Waals surface area contributed by atoms with Gasteiger partial charge in [0, 0.05) is 23.5 Å². The molecule has 1 saturated carbocycles. The second kappa shape index (κ2) is 7.08. The van der Waals surface area contributed by atoms with Gasteiger partial charge in [-0.1, -0.05) is 18.2 Å². The van der Waals surface area contributed by atoms with Crippen LogP contribution in [0.5, 0.6) is 0 Å². The average Bonchev–Trinajstić information content (AvgIpc) is 3.05. The van der Waals surface area contributed by atoms with E-state index < -0.39 is 5.41 Å². The maximum absolute atomic E-state index is 13.4. The summed E-state index contributed by atoms with van der Waals surface area (Å²) < 4.78 is 18.4. The summed E-state index contributed by atoms with van der Waals surface area (Å²) in [5.74, 6) is -0.146. The molecule has 1 fully saturated rings. The Kier molecular flexibility index (Phi) is 4.64. The highest BCUT2D eigenvalue weighted by Gasteiger charge is 2.52. The second-order valence-electron chi connectivity index (χ2n) is 6.78. The lowest BCUT2D eigenvalue weighted by atomic mass is 9.94. The first kappa shape index (κ1) is 17.0. The predicted molar refractivity (Wildman–Crippen MR) is 99.5 cm³/mol. The molecular formula is C21H20FNO2S. The van der Waals surface area contributed by atoms with Crippen molar-refractivity contribution in [3.8, 4) is 0 Å². The van der Waals surface area contributed by atoms with Crippen LogP contribution in [0.3, 0.4) is 0 Å². The molecule has 4 rings (SSSR count). The van der Waals surface area contributed by atoms with Crippen molar-refractivity contribution in [3.63, 3.8) is 0 Å². The SMILES string of the molecule is O=C(N(CCc1cccs1)Cc1ccoc1)C1(c2ccc(F)cc2)CC1. The molecule has 3 aromatic rings. The first-order valence-electron chi connectivity index (χ1n) is 8.76. The average molecular weight is 369 g/mol. The smallest absolute Gasteiger partial charge is 0.233 e. The molecule has 1 aliphatic carbocycles. The third kappa shape index (κ3) is 3.44. The second-order valence-corrected chi connectivity index (χ2v) is 7.81. The minimum absolute atomic E-state index is 0.127. The van der Waals surface area contributed by atoms with Crippen molar-refractivity contribution in [2.45, 2.75) is 31.2 Å². The van der Waals surface area contributed by atoms with Gasteiger partial charge in [0.25, 0.3) is 0 Å². The molecule has 5 heteroatoms. The van der Waals surface area contributed by atoms with E-state index in [1.165, 1.54) is 17.0 Å². The summed E-state index contributed by atoms with van der Waals surface area (Å²) in [5.41, 5.74) is 1.41. The largest absolute Gasteiger partial charge is 0.472 e. The molecule has 0 unspecified atom stereocenters. The number of hydrogen-bond donors (Lipinski definition) is 0. The quantitative estimate of drug-likeness (QED) is 0.600. The van der Waals surface area contributed by atoms with E-state index in [1.54, 1.807) is 36.0 Å². The normalized spacial score (nSPS) is 15.0. The number of amides is 1. The summed E-state index contributed by atoms with van der Waals surface area (Å²) in [6, 6.07) is 12.4. The maximum Gasteiger partial charge on any atom is 0.233 e. The van der Waals surface area contributed by atoms with Crippen LogP contribution in [-0.2, 0) is 23.2 Å². The van der Waals surface area contributed by atoms with Gasteiger partial charge < -0.3 is 9.32 Å². The van der Waals surface area contributed by atoms with Gasteiger partial charge in [0.15, 0.2) is 0 Å². The lowest BCUT2D eigenvalue weighted by Gasteiger charge is -2.27. The predicted octanol–water partition coefficient (Wildman–Crippen LogP) is 4.78. The molecule has 26 heavy (non-hydrogen) atoms. The molecule has 134 valence electrons. The van der Waals surface area contributed by atoms with Crippen molar-refractivity contribution < 1.29 is 13.6 Å². The van der Waals surface area contributed by atoms with Gasteiger partial charge in [-0.3, -0.25) is 4.79 Å². The van der Waals surface area contributed by atoms with E-state index in [2.05, 4.69) is 11.4 Å². The highest BCUT2D eigenvalue weighted by Crippen LogP contribution is 2.49. The zero-order valence-corrected chi connectivity index (χ0v) is 15.2. The van der Waals surface area contributed by atoms with Gasteiger partial charge in [-0.05, 0) is 54.5 Å². The summed E-state index contributed by atoms with van der Waals surface area (Å²) >= 11 is 1.71. The van der Waals surface area contributed by atoms with E-state index in [0.29, 0.717) is 13.1 Å². The van der Waals surface area contributed by atoms with Crippen LogP contribution < -0.4 is 0 Å². The van der Waals surface area contributed by atoms with Crippen LogP contribution >= 0.6 is 11.3 Å². The number of thiophene rings is 1. The molecule has 0 N–H and O–H groups in total. The van der Waals surface area contributed by atoms with Crippen LogP contribution in [0.2, 0.25) is 0 Å². The first-order valence-corrected chi connectivity index (χ1v) is 9.64. The van der Waals surface area contributed by atoms with E-state index in [0.717, 1.165) is 30.4 Å². The van der Waals surface area contributed by atoms with Crippen molar-refractivity contribution in [2.24, 2.45) is 0 Å². The Bertz CT molecular complexity index is 852. The lowest BCUT2D eigenvalue weighted by Crippen LogP contribution is -2.40. The van der Waals surface area contributed by atoms with Crippen LogP contribution in [0.15, 0.2) is 64.8 Å². The molecule has 1 aromatic carbocycles. The van der Waals surface area contributed by atoms with Crippen molar-refractivity contribution in [3.05, 3.63) is 82.2 Å². The number of carbonyl (C=O) groups excluding carboxylic acids is 1. The van der Waals surface area contributed by atoms with Gasteiger partial charge in [0.1, 0.15) is 5.82 Å². The number of nitrogens with zero attached hydrogens (tertiary/aromatic N) is 1. The highest BCUT2D eigenvalue weighted by atomic mass is 32.1. The minimum atomic E-state index is -0.493. The Morgan fingerprint density at radius 3 is 2.62 bits per heavy atom. The van der Waals surface area contributed by atoms with Gasteiger partial charge in [-0.2, -0.15) is 0 Å². The zero-order chi connectivity index (χ0) is 18.0. The fraction of sp³-hybridized carbons (Fsp3) is 0.286. The molecule has 2 aromatic heterocycles. The lowest BCUT2D eigenvalue weighted by molar-refractivity contribution is -0.134. The van der Waals surface area contributed by atoms with Gasteiger partial charge in [-0.15, -0.1) is 11.3 Å². The van der Waals surface area contributed by atoms with Gasteiger partial charge in [-0.25, -0.2) is 4.39 Å². The number of carbonyl (C=O) groups is 1. The Morgan fingerprint density at radius 2 is 2.00 bits per heavy atom. The van der Waals surface area contributed by atoms with Crippen LogP contribution in [0.25, 0.3) is 0 Å². The fourth-order valence-corrected chi connectivity index (χ4v) is 4.08. The van der Waals surface area contributed by atoms with Crippen molar-refractivity contribution in [2.75, 3.05) is 6.54 Å². The molecule has 0 saturated heterocycles. The van der Waals surface area contributed by atoms with Crippen molar-refractivity contribution >= 4 is 17.2 Å². The minimum Gasteiger partial charge on any atom is -0.472 e. The summed E-state index contributed by atoms with van der Waals surface area (Å²) in [6.07, 6.45) is 5.78. The fourth-order valence-electron chi connectivity index (χ4n) is 3.38.